The zero-order valence-corrected chi connectivity index (χ0v) is 16.4. The average molecular weight is 359 g/mol. The Hall–Kier alpha value is -2.58. The molecule has 0 aliphatic heterocycles. The molecule has 1 aliphatic rings. The smallest absolute Gasteiger partial charge is 0.0636 e. The van der Waals surface area contributed by atoms with E-state index in [2.05, 4.69) is 98.2 Å². The highest BCUT2D eigenvalue weighted by Gasteiger charge is 2.38. The Kier molecular flexibility index (Phi) is 5.98. The van der Waals surface area contributed by atoms with Gasteiger partial charge in [-0.15, -0.1) is 0 Å². The third-order valence-corrected chi connectivity index (χ3v) is 5.52. The van der Waals surface area contributed by atoms with Gasteiger partial charge in [-0.25, -0.2) is 0 Å². The van der Waals surface area contributed by atoms with Gasteiger partial charge in [-0.3, -0.25) is 0 Å². The van der Waals surface area contributed by atoms with E-state index in [1.54, 1.807) is 0 Å². The summed E-state index contributed by atoms with van der Waals surface area (Å²) in [6.45, 7) is 10.4. The zero-order valence-electron chi connectivity index (χ0n) is 16.4. The molecule has 2 unspecified atom stereocenters. The molecule has 0 bridgehead atoms. The number of aryl methyl sites for hydroxylation is 1. The van der Waals surface area contributed by atoms with Crippen LogP contribution < -0.4 is 5.73 Å². The Bertz CT molecular complexity index is 834. The maximum Gasteiger partial charge on any atom is 0.0636 e. The lowest BCUT2D eigenvalue weighted by Gasteiger charge is -2.46. The fourth-order valence-corrected chi connectivity index (χ4v) is 4.07. The van der Waals surface area contributed by atoms with Crippen molar-refractivity contribution in [3.63, 3.8) is 0 Å². The predicted octanol–water partition coefficient (Wildman–Crippen LogP) is 5.49. The molecule has 0 saturated carbocycles. The molecule has 0 saturated heterocycles. The molecule has 2 aromatic carbocycles. The summed E-state index contributed by atoms with van der Waals surface area (Å²) in [4.78, 5) is 2.40. The second-order valence-corrected chi connectivity index (χ2v) is 7.55. The average Bonchev–Trinajstić information content (AvgIpc) is 2.69. The van der Waals surface area contributed by atoms with Gasteiger partial charge >= 0.3 is 0 Å². The van der Waals surface area contributed by atoms with E-state index in [-0.39, 0.29) is 11.5 Å². The Morgan fingerprint density at radius 2 is 1.81 bits per heavy atom. The van der Waals surface area contributed by atoms with Gasteiger partial charge in [0.25, 0.3) is 0 Å². The number of nitrogens with two attached hydrogens (primary N) is 1. The van der Waals surface area contributed by atoms with Crippen LogP contribution in [0.4, 0.5) is 0 Å². The summed E-state index contributed by atoms with van der Waals surface area (Å²) >= 11 is 0. The Morgan fingerprint density at radius 1 is 1.11 bits per heavy atom. The summed E-state index contributed by atoms with van der Waals surface area (Å²) in [7, 11) is 0. The SMILES string of the molecule is C=C(c1ccccc1)N(CCN)C(c1ccccc1C)C1(C)C=CC=CC1. The predicted molar refractivity (Wildman–Crippen MR) is 116 cm³/mol. The van der Waals surface area contributed by atoms with Crippen LogP contribution in [0.3, 0.4) is 0 Å². The van der Waals surface area contributed by atoms with Gasteiger partial charge in [0.2, 0.25) is 0 Å². The number of allylic oxidation sites excluding steroid dienone is 3. The van der Waals surface area contributed by atoms with Crippen LogP contribution >= 0.6 is 0 Å². The van der Waals surface area contributed by atoms with Crippen molar-refractivity contribution in [2.45, 2.75) is 26.3 Å². The Labute approximate surface area is 163 Å². The monoisotopic (exact) mass is 358 g/mol. The normalized spacial score (nSPS) is 19.7. The molecule has 0 radical (unpaired) electrons. The van der Waals surface area contributed by atoms with Crippen molar-refractivity contribution in [3.8, 4) is 0 Å². The molecule has 2 nitrogen and oxygen atoms in total. The minimum absolute atomic E-state index is 0.0340. The van der Waals surface area contributed by atoms with Crippen LogP contribution in [0.2, 0.25) is 0 Å². The fraction of sp³-hybridized carbons (Fsp3) is 0.280. The summed E-state index contributed by atoms with van der Waals surface area (Å²) in [6, 6.07) is 19.3. The van der Waals surface area contributed by atoms with Crippen LogP contribution in [0.25, 0.3) is 5.70 Å². The van der Waals surface area contributed by atoms with Crippen molar-refractivity contribution in [1.29, 1.82) is 0 Å². The van der Waals surface area contributed by atoms with Gasteiger partial charge in [0.05, 0.1) is 6.04 Å². The second kappa shape index (κ2) is 8.41. The van der Waals surface area contributed by atoms with Crippen molar-refractivity contribution in [2.75, 3.05) is 13.1 Å². The van der Waals surface area contributed by atoms with Gasteiger partial charge in [-0.05, 0) is 30.0 Å². The zero-order chi connectivity index (χ0) is 19.3. The van der Waals surface area contributed by atoms with Crippen LogP contribution in [0, 0.1) is 12.3 Å². The van der Waals surface area contributed by atoms with E-state index in [1.807, 2.05) is 6.07 Å². The van der Waals surface area contributed by atoms with E-state index in [0.29, 0.717) is 6.54 Å². The molecular formula is C25H30N2. The number of rotatable bonds is 7. The largest absolute Gasteiger partial charge is 0.362 e. The molecule has 3 rings (SSSR count). The maximum atomic E-state index is 6.06. The van der Waals surface area contributed by atoms with Crippen LogP contribution in [0.15, 0.2) is 85.5 Å². The van der Waals surface area contributed by atoms with Crippen molar-refractivity contribution >= 4 is 5.70 Å². The van der Waals surface area contributed by atoms with Gasteiger partial charge < -0.3 is 10.6 Å². The fourth-order valence-electron chi connectivity index (χ4n) is 4.07. The maximum absolute atomic E-state index is 6.06. The highest BCUT2D eigenvalue weighted by atomic mass is 15.2. The Balaban J connectivity index is 2.12. The van der Waals surface area contributed by atoms with Gasteiger partial charge in [-0.2, -0.15) is 0 Å². The molecule has 0 spiro atoms. The molecule has 2 aromatic rings. The Morgan fingerprint density at radius 3 is 2.44 bits per heavy atom. The molecule has 0 heterocycles. The third kappa shape index (κ3) is 4.06. The molecule has 2 N–H and O–H groups in total. The van der Waals surface area contributed by atoms with Crippen LogP contribution in [0.1, 0.15) is 36.1 Å². The van der Waals surface area contributed by atoms with E-state index in [0.717, 1.165) is 24.2 Å². The van der Waals surface area contributed by atoms with E-state index >= 15 is 0 Å². The summed E-state index contributed by atoms with van der Waals surface area (Å²) in [5.41, 5.74) is 10.8. The third-order valence-electron chi connectivity index (χ3n) is 5.52. The highest BCUT2D eigenvalue weighted by molar-refractivity contribution is 5.62. The van der Waals surface area contributed by atoms with E-state index in [4.69, 9.17) is 5.73 Å². The lowest BCUT2D eigenvalue weighted by atomic mass is 9.72. The summed E-state index contributed by atoms with van der Waals surface area (Å²) in [5.74, 6) is 0. The first-order valence-corrected chi connectivity index (χ1v) is 9.68. The first kappa shape index (κ1) is 19.2. The van der Waals surface area contributed by atoms with E-state index < -0.39 is 0 Å². The van der Waals surface area contributed by atoms with Crippen molar-refractivity contribution in [3.05, 3.63) is 102 Å². The minimum Gasteiger partial charge on any atom is -0.362 e. The first-order chi connectivity index (χ1) is 13.1. The lowest BCUT2D eigenvalue weighted by Crippen LogP contribution is -2.41. The van der Waals surface area contributed by atoms with Gasteiger partial charge in [0.15, 0.2) is 0 Å². The summed E-state index contributed by atoms with van der Waals surface area (Å²) < 4.78 is 0. The molecule has 2 atom stereocenters. The molecular weight excluding hydrogens is 328 g/mol. The highest BCUT2D eigenvalue weighted by Crippen LogP contribution is 2.47. The minimum atomic E-state index is -0.0340. The molecule has 0 amide bonds. The molecule has 27 heavy (non-hydrogen) atoms. The molecule has 0 aromatic heterocycles. The van der Waals surface area contributed by atoms with E-state index in [1.165, 1.54) is 11.1 Å². The van der Waals surface area contributed by atoms with Crippen molar-refractivity contribution in [2.24, 2.45) is 11.1 Å². The molecule has 0 fully saturated rings. The first-order valence-electron chi connectivity index (χ1n) is 9.68. The topological polar surface area (TPSA) is 29.3 Å². The van der Waals surface area contributed by atoms with E-state index in [9.17, 15) is 0 Å². The number of hydrogen-bond donors (Lipinski definition) is 1. The van der Waals surface area contributed by atoms with Crippen molar-refractivity contribution < 1.29 is 0 Å². The lowest BCUT2D eigenvalue weighted by molar-refractivity contribution is 0.170. The standard InChI is InChI=1S/C25H30N2/c1-20-12-8-9-15-23(20)24(25(3)16-10-5-11-17-25)27(19-18-26)21(2)22-13-6-4-7-14-22/h4-16,24H,2,17-19,26H2,1,3H3. The van der Waals surface area contributed by atoms with Crippen LogP contribution in [-0.2, 0) is 0 Å². The molecule has 1 aliphatic carbocycles. The number of nitrogens with zero attached hydrogens (tertiary/aromatic N) is 1. The quantitative estimate of drug-likeness (QED) is 0.709. The van der Waals surface area contributed by atoms with Gasteiger partial charge in [0, 0.05) is 24.2 Å². The summed E-state index contributed by atoms with van der Waals surface area (Å²) in [5, 5.41) is 0. The van der Waals surface area contributed by atoms with Crippen molar-refractivity contribution in [1.82, 2.24) is 4.90 Å². The molecule has 140 valence electrons. The van der Waals surface area contributed by atoms with Crippen LogP contribution in [-0.4, -0.2) is 18.0 Å². The summed E-state index contributed by atoms with van der Waals surface area (Å²) in [6.07, 6.45) is 9.89. The second-order valence-electron chi connectivity index (χ2n) is 7.55. The van der Waals surface area contributed by atoms with Gasteiger partial charge in [-0.1, -0.05) is 92.4 Å². The molecule has 2 heteroatoms. The van der Waals surface area contributed by atoms with Crippen LogP contribution in [0.5, 0.6) is 0 Å². The number of hydrogen-bond acceptors (Lipinski definition) is 2. The number of benzene rings is 2. The van der Waals surface area contributed by atoms with Gasteiger partial charge in [0.1, 0.15) is 0 Å².